The summed E-state index contributed by atoms with van der Waals surface area (Å²) in [6.45, 7) is 0.902. The third-order valence-electron chi connectivity index (χ3n) is 2.53. The largest absolute Gasteiger partial charge is 0.377 e. The normalized spacial score (nSPS) is 22.6. The maximum absolute atomic E-state index is 12.3. The van der Waals surface area contributed by atoms with Crippen LogP contribution in [0.5, 0.6) is 0 Å². The molecule has 0 saturated carbocycles. The van der Waals surface area contributed by atoms with Gasteiger partial charge in [0.25, 0.3) is 0 Å². The summed E-state index contributed by atoms with van der Waals surface area (Å²) in [5, 5.41) is 0. The topological polar surface area (TPSA) is 72.6 Å². The van der Waals surface area contributed by atoms with Crippen molar-refractivity contribution in [2.24, 2.45) is 5.73 Å². The number of ether oxygens (including phenoxy) is 1. The van der Waals surface area contributed by atoms with Crippen LogP contribution in [0.3, 0.4) is 0 Å². The van der Waals surface area contributed by atoms with Crippen LogP contribution in [-0.2, 0) is 14.8 Å². The SMILES string of the molecule is NC1COCCN1S(=O)(=O)c1ccc(Br)cc1. The molecule has 0 amide bonds. The van der Waals surface area contributed by atoms with Crippen molar-refractivity contribution in [2.75, 3.05) is 19.8 Å². The summed E-state index contributed by atoms with van der Waals surface area (Å²) in [4.78, 5) is 0.248. The van der Waals surface area contributed by atoms with Crippen LogP contribution in [0, 0.1) is 0 Å². The minimum Gasteiger partial charge on any atom is -0.377 e. The van der Waals surface area contributed by atoms with Gasteiger partial charge in [0.05, 0.1) is 24.3 Å². The second-order valence-electron chi connectivity index (χ2n) is 3.71. The second-order valence-corrected chi connectivity index (χ2v) is 6.52. The molecule has 1 aromatic carbocycles. The van der Waals surface area contributed by atoms with Crippen molar-refractivity contribution in [3.8, 4) is 0 Å². The number of halogens is 1. The number of nitrogens with zero attached hydrogens (tertiary/aromatic N) is 1. The Morgan fingerprint density at radius 2 is 2.00 bits per heavy atom. The fourth-order valence-electron chi connectivity index (χ4n) is 1.65. The summed E-state index contributed by atoms with van der Waals surface area (Å²) < 4.78 is 31.8. The highest BCUT2D eigenvalue weighted by Crippen LogP contribution is 2.20. The Labute approximate surface area is 109 Å². The van der Waals surface area contributed by atoms with Gasteiger partial charge >= 0.3 is 0 Å². The summed E-state index contributed by atoms with van der Waals surface area (Å²) in [5.41, 5.74) is 5.74. The van der Waals surface area contributed by atoms with Gasteiger partial charge in [-0.15, -0.1) is 0 Å². The van der Waals surface area contributed by atoms with Crippen LogP contribution in [0.2, 0.25) is 0 Å². The Kier molecular flexibility index (Phi) is 3.84. The first-order valence-electron chi connectivity index (χ1n) is 5.12. The second kappa shape index (κ2) is 5.03. The Morgan fingerprint density at radius 3 is 2.59 bits per heavy atom. The van der Waals surface area contributed by atoms with Gasteiger partial charge in [-0.2, -0.15) is 4.31 Å². The number of morpholine rings is 1. The molecule has 94 valence electrons. The van der Waals surface area contributed by atoms with E-state index in [1.807, 2.05) is 0 Å². The van der Waals surface area contributed by atoms with E-state index in [-0.39, 0.29) is 11.5 Å². The number of rotatable bonds is 2. The standard InChI is InChI=1S/C10H13BrN2O3S/c11-8-1-3-9(4-2-8)17(14,15)13-5-6-16-7-10(13)12/h1-4,10H,5-7,12H2. The highest BCUT2D eigenvalue weighted by Gasteiger charge is 2.31. The van der Waals surface area contributed by atoms with Gasteiger partial charge in [0.1, 0.15) is 0 Å². The van der Waals surface area contributed by atoms with Gasteiger partial charge in [-0.3, -0.25) is 0 Å². The van der Waals surface area contributed by atoms with E-state index in [0.29, 0.717) is 13.2 Å². The lowest BCUT2D eigenvalue weighted by Gasteiger charge is -2.31. The van der Waals surface area contributed by atoms with E-state index in [0.717, 1.165) is 4.47 Å². The fourth-order valence-corrected chi connectivity index (χ4v) is 3.40. The smallest absolute Gasteiger partial charge is 0.244 e. The molecule has 1 heterocycles. The van der Waals surface area contributed by atoms with Crippen LogP contribution in [0.4, 0.5) is 0 Å². The highest BCUT2D eigenvalue weighted by atomic mass is 79.9. The zero-order valence-electron chi connectivity index (χ0n) is 9.04. The first kappa shape index (κ1) is 13.0. The third-order valence-corrected chi connectivity index (χ3v) is 5.00. The van der Waals surface area contributed by atoms with Crippen molar-refractivity contribution >= 4 is 26.0 Å². The van der Waals surface area contributed by atoms with Crippen molar-refractivity contribution in [3.05, 3.63) is 28.7 Å². The lowest BCUT2D eigenvalue weighted by molar-refractivity contribution is 0.0350. The molecule has 7 heteroatoms. The molecule has 1 aliphatic heterocycles. The van der Waals surface area contributed by atoms with Gasteiger partial charge in [-0.05, 0) is 24.3 Å². The quantitative estimate of drug-likeness (QED) is 0.873. The van der Waals surface area contributed by atoms with E-state index < -0.39 is 16.2 Å². The van der Waals surface area contributed by atoms with Crippen molar-refractivity contribution in [2.45, 2.75) is 11.1 Å². The minimum absolute atomic E-state index is 0.232. The predicted molar refractivity (Wildman–Crippen MR) is 66.8 cm³/mol. The van der Waals surface area contributed by atoms with Crippen molar-refractivity contribution < 1.29 is 13.2 Å². The molecular weight excluding hydrogens is 308 g/mol. The number of sulfonamides is 1. The van der Waals surface area contributed by atoms with Crippen LogP contribution in [0.1, 0.15) is 0 Å². The summed E-state index contributed by atoms with van der Waals surface area (Å²) in [6.07, 6.45) is -0.614. The molecule has 1 aromatic rings. The summed E-state index contributed by atoms with van der Waals surface area (Å²) in [7, 11) is -3.52. The molecule has 0 aromatic heterocycles. The lowest BCUT2D eigenvalue weighted by Crippen LogP contribution is -2.53. The average molecular weight is 321 g/mol. The Bertz CT molecular complexity index is 489. The predicted octanol–water partition coefficient (Wildman–Crippen LogP) is 0.755. The first-order valence-corrected chi connectivity index (χ1v) is 7.36. The lowest BCUT2D eigenvalue weighted by atomic mass is 10.4. The minimum atomic E-state index is -3.52. The monoisotopic (exact) mass is 320 g/mol. The van der Waals surface area contributed by atoms with E-state index in [4.69, 9.17) is 10.5 Å². The highest BCUT2D eigenvalue weighted by molar-refractivity contribution is 9.10. The van der Waals surface area contributed by atoms with Crippen LogP contribution in [0.25, 0.3) is 0 Å². The number of hydrogen-bond acceptors (Lipinski definition) is 4. The Morgan fingerprint density at radius 1 is 1.35 bits per heavy atom. The molecule has 1 atom stereocenters. The van der Waals surface area contributed by atoms with E-state index in [2.05, 4.69) is 15.9 Å². The van der Waals surface area contributed by atoms with E-state index in [1.165, 1.54) is 4.31 Å². The number of nitrogens with two attached hydrogens (primary N) is 1. The molecule has 5 nitrogen and oxygen atoms in total. The van der Waals surface area contributed by atoms with Crippen LogP contribution >= 0.6 is 15.9 Å². The van der Waals surface area contributed by atoms with Crippen LogP contribution < -0.4 is 5.73 Å². The van der Waals surface area contributed by atoms with Crippen molar-refractivity contribution in [1.29, 1.82) is 0 Å². The van der Waals surface area contributed by atoms with Gasteiger partial charge in [0.15, 0.2) is 0 Å². The molecule has 1 fully saturated rings. The maximum Gasteiger partial charge on any atom is 0.244 e. The zero-order chi connectivity index (χ0) is 12.5. The van der Waals surface area contributed by atoms with E-state index >= 15 is 0 Å². The fraction of sp³-hybridized carbons (Fsp3) is 0.400. The van der Waals surface area contributed by atoms with Gasteiger partial charge in [0.2, 0.25) is 10.0 Å². The molecule has 0 spiro atoms. The molecule has 2 rings (SSSR count). The van der Waals surface area contributed by atoms with Gasteiger partial charge in [0, 0.05) is 11.0 Å². The van der Waals surface area contributed by atoms with Gasteiger partial charge in [-0.25, -0.2) is 8.42 Å². The zero-order valence-corrected chi connectivity index (χ0v) is 11.4. The molecule has 1 aliphatic rings. The maximum atomic E-state index is 12.3. The first-order chi connectivity index (χ1) is 8.01. The van der Waals surface area contributed by atoms with Crippen molar-refractivity contribution in [1.82, 2.24) is 4.31 Å². The summed E-state index contributed by atoms with van der Waals surface area (Å²) in [6, 6.07) is 6.50. The van der Waals surface area contributed by atoms with Gasteiger partial charge in [-0.1, -0.05) is 15.9 Å². The average Bonchev–Trinajstić information content (AvgIpc) is 2.30. The Hall–Kier alpha value is -0.470. The third kappa shape index (κ3) is 2.69. The molecule has 1 unspecified atom stereocenters. The summed E-state index contributed by atoms with van der Waals surface area (Å²) >= 11 is 3.27. The van der Waals surface area contributed by atoms with Gasteiger partial charge < -0.3 is 10.5 Å². The van der Waals surface area contributed by atoms with Crippen LogP contribution in [0.15, 0.2) is 33.6 Å². The molecule has 2 N–H and O–H groups in total. The molecular formula is C10H13BrN2O3S. The van der Waals surface area contributed by atoms with Crippen molar-refractivity contribution in [3.63, 3.8) is 0 Å². The molecule has 0 bridgehead atoms. The number of benzene rings is 1. The van der Waals surface area contributed by atoms with E-state index in [9.17, 15) is 8.42 Å². The van der Waals surface area contributed by atoms with E-state index in [1.54, 1.807) is 24.3 Å². The molecule has 0 aliphatic carbocycles. The molecule has 0 radical (unpaired) electrons. The van der Waals surface area contributed by atoms with Crippen LogP contribution in [-0.4, -0.2) is 38.6 Å². The summed E-state index contributed by atoms with van der Waals surface area (Å²) in [5.74, 6) is 0. The Balaban J connectivity index is 2.32. The molecule has 1 saturated heterocycles. The number of hydrogen-bond donors (Lipinski definition) is 1. The molecule has 17 heavy (non-hydrogen) atoms.